The first-order chi connectivity index (χ1) is 9.10. The van der Waals surface area contributed by atoms with Gasteiger partial charge < -0.3 is 11.1 Å². The molecular weight excluding hydrogens is 260 g/mol. The molecule has 1 fully saturated rings. The molecule has 0 bridgehead atoms. The summed E-state index contributed by atoms with van der Waals surface area (Å²) in [5.41, 5.74) is 6.78. The molecule has 1 aliphatic carbocycles. The number of nitrogens with one attached hydrogen (secondary N) is 1. The van der Waals surface area contributed by atoms with E-state index in [1.165, 1.54) is 19.3 Å². The fraction of sp³-hybridized carbons (Fsp3) is 0.533. The molecule has 1 aromatic carbocycles. The Morgan fingerprint density at radius 1 is 1.37 bits per heavy atom. The van der Waals surface area contributed by atoms with Gasteiger partial charge in [0.15, 0.2) is 0 Å². The number of amides is 1. The molecule has 0 saturated heterocycles. The molecule has 0 aromatic heterocycles. The largest absolute Gasteiger partial charge is 0.398 e. The van der Waals surface area contributed by atoms with E-state index in [2.05, 4.69) is 12.2 Å². The fourth-order valence-electron chi connectivity index (χ4n) is 2.72. The van der Waals surface area contributed by atoms with Crippen LogP contribution in [0.2, 0.25) is 5.02 Å². The molecule has 1 aromatic rings. The Kier molecular flexibility index (Phi) is 4.70. The average molecular weight is 281 g/mol. The van der Waals surface area contributed by atoms with E-state index in [1.54, 1.807) is 18.2 Å². The van der Waals surface area contributed by atoms with Crippen LogP contribution in [0.4, 0.5) is 5.69 Å². The molecule has 3 N–H and O–H groups in total. The van der Waals surface area contributed by atoms with Crippen LogP contribution in [0, 0.1) is 5.92 Å². The van der Waals surface area contributed by atoms with Crippen LogP contribution in [-0.4, -0.2) is 11.9 Å². The predicted molar refractivity (Wildman–Crippen MR) is 79.4 cm³/mol. The van der Waals surface area contributed by atoms with Crippen molar-refractivity contribution in [3.63, 3.8) is 0 Å². The van der Waals surface area contributed by atoms with E-state index in [4.69, 9.17) is 17.3 Å². The summed E-state index contributed by atoms with van der Waals surface area (Å²) in [6.45, 7) is 2.23. The zero-order valence-corrected chi connectivity index (χ0v) is 12.0. The first-order valence-electron chi connectivity index (χ1n) is 6.96. The maximum atomic E-state index is 12.2. The van der Waals surface area contributed by atoms with E-state index < -0.39 is 0 Å². The lowest BCUT2D eigenvalue weighted by Gasteiger charge is -2.28. The zero-order chi connectivity index (χ0) is 13.8. The van der Waals surface area contributed by atoms with E-state index >= 15 is 0 Å². The third-order valence-electron chi connectivity index (χ3n) is 4.02. The van der Waals surface area contributed by atoms with Gasteiger partial charge in [0.05, 0.1) is 5.56 Å². The van der Waals surface area contributed by atoms with E-state index in [0.717, 1.165) is 18.8 Å². The Bertz CT molecular complexity index is 453. The van der Waals surface area contributed by atoms with Gasteiger partial charge in [-0.3, -0.25) is 4.79 Å². The topological polar surface area (TPSA) is 55.1 Å². The van der Waals surface area contributed by atoms with Gasteiger partial charge in [-0.15, -0.1) is 0 Å². The molecule has 0 atom stereocenters. The minimum absolute atomic E-state index is 0.0888. The van der Waals surface area contributed by atoms with Gasteiger partial charge in [0, 0.05) is 16.8 Å². The molecule has 0 unspecified atom stereocenters. The van der Waals surface area contributed by atoms with Crippen molar-refractivity contribution in [1.82, 2.24) is 5.32 Å². The van der Waals surface area contributed by atoms with Crippen LogP contribution in [0.5, 0.6) is 0 Å². The van der Waals surface area contributed by atoms with Crippen LogP contribution in [0.1, 0.15) is 49.4 Å². The highest BCUT2D eigenvalue weighted by molar-refractivity contribution is 6.31. The fourth-order valence-corrected chi connectivity index (χ4v) is 2.90. The van der Waals surface area contributed by atoms with E-state index in [0.29, 0.717) is 16.3 Å². The van der Waals surface area contributed by atoms with E-state index in [9.17, 15) is 4.79 Å². The Hall–Kier alpha value is -1.22. The molecule has 4 heteroatoms. The molecule has 0 aliphatic heterocycles. The number of carbonyl (C=O) groups excluding carboxylic acids is 1. The third kappa shape index (κ3) is 3.63. The van der Waals surface area contributed by atoms with Crippen LogP contribution < -0.4 is 11.1 Å². The van der Waals surface area contributed by atoms with Gasteiger partial charge in [-0.05, 0) is 49.8 Å². The minimum atomic E-state index is -0.0888. The summed E-state index contributed by atoms with van der Waals surface area (Å²) in [6.07, 6.45) is 5.79. The molecule has 1 saturated carbocycles. The third-order valence-corrected chi connectivity index (χ3v) is 4.25. The summed E-state index contributed by atoms with van der Waals surface area (Å²) < 4.78 is 0. The highest BCUT2D eigenvalue weighted by Gasteiger charge is 2.22. The molecule has 2 rings (SSSR count). The lowest BCUT2D eigenvalue weighted by Crippen LogP contribution is -2.37. The minimum Gasteiger partial charge on any atom is -0.398 e. The normalized spacial score (nSPS) is 23.1. The Labute approximate surface area is 119 Å². The number of anilines is 1. The molecule has 0 spiro atoms. The van der Waals surface area contributed by atoms with Crippen molar-refractivity contribution in [2.45, 2.75) is 45.1 Å². The van der Waals surface area contributed by atoms with Crippen LogP contribution >= 0.6 is 11.6 Å². The number of carbonyl (C=O) groups is 1. The highest BCUT2D eigenvalue weighted by atomic mass is 35.5. The number of hydrogen-bond acceptors (Lipinski definition) is 2. The molecule has 1 amide bonds. The Morgan fingerprint density at radius 2 is 2.05 bits per heavy atom. The molecular formula is C15H21ClN2O. The number of hydrogen-bond donors (Lipinski definition) is 2. The van der Waals surface area contributed by atoms with Crippen molar-refractivity contribution < 1.29 is 4.79 Å². The monoisotopic (exact) mass is 280 g/mol. The summed E-state index contributed by atoms with van der Waals surface area (Å²) >= 11 is 5.83. The number of halogens is 1. The zero-order valence-electron chi connectivity index (χ0n) is 11.3. The van der Waals surface area contributed by atoms with E-state index in [-0.39, 0.29) is 11.9 Å². The van der Waals surface area contributed by atoms with Gasteiger partial charge >= 0.3 is 0 Å². The molecule has 19 heavy (non-hydrogen) atoms. The van der Waals surface area contributed by atoms with Gasteiger partial charge in [0.1, 0.15) is 0 Å². The maximum Gasteiger partial charge on any atom is 0.253 e. The number of nitrogens with two attached hydrogens (primary N) is 1. The van der Waals surface area contributed by atoms with Crippen LogP contribution in [0.25, 0.3) is 0 Å². The Balaban J connectivity index is 1.94. The molecule has 0 heterocycles. The molecule has 3 nitrogen and oxygen atoms in total. The van der Waals surface area contributed by atoms with Gasteiger partial charge in [-0.2, -0.15) is 0 Å². The Morgan fingerprint density at radius 3 is 2.63 bits per heavy atom. The molecule has 1 aliphatic rings. The maximum absolute atomic E-state index is 12.2. The second-order valence-corrected chi connectivity index (χ2v) is 5.77. The SMILES string of the molecule is CCC1CCC(NC(=O)c2ccc(Cl)cc2N)CC1. The first-order valence-corrected chi connectivity index (χ1v) is 7.33. The van der Waals surface area contributed by atoms with Gasteiger partial charge in [0.25, 0.3) is 5.91 Å². The lowest BCUT2D eigenvalue weighted by atomic mass is 9.84. The van der Waals surface area contributed by atoms with Crippen LogP contribution in [0.3, 0.4) is 0 Å². The van der Waals surface area contributed by atoms with Crippen molar-refractivity contribution >= 4 is 23.2 Å². The smallest absolute Gasteiger partial charge is 0.253 e. The molecule has 0 radical (unpaired) electrons. The number of nitrogen functional groups attached to an aromatic ring is 1. The summed E-state index contributed by atoms with van der Waals surface area (Å²) in [4.78, 5) is 12.2. The van der Waals surface area contributed by atoms with E-state index in [1.807, 2.05) is 0 Å². The molecule has 104 valence electrons. The first kappa shape index (κ1) is 14.2. The summed E-state index contributed by atoms with van der Waals surface area (Å²) in [5.74, 6) is 0.739. The predicted octanol–water partition coefficient (Wildman–Crippen LogP) is 3.62. The second kappa shape index (κ2) is 6.29. The standard InChI is InChI=1S/C15H21ClN2O/c1-2-10-3-6-12(7-4-10)18-15(19)13-8-5-11(16)9-14(13)17/h5,8-10,12H,2-4,6-7,17H2,1H3,(H,18,19). The summed E-state index contributed by atoms with van der Waals surface area (Å²) in [6, 6.07) is 5.28. The quantitative estimate of drug-likeness (QED) is 0.831. The second-order valence-electron chi connectivity index (χ2n) is 5.33. The van der Waals surface area contributed by atoms with Crippen LogP contribution in [-0.2, 0) is 0 Å². The van der Waals surface area contributed by atoms with Crippen molar-refractivity contribution in [1.29, 1.82) is 0 Å². The van der Waals surface area contributed by atoms with Crippen molar-refractivity contribution in [3.8, 4) is 0 Å². The summed E-state index contributed by atoms with van der Waals surface area (Å²) in [5, 5.41) is 3.63. The highest BCUT2D eigenvalue weighted by Crippen LogP contribution is 2.27. The number of rotatable bonds is 3. The van der Waals surface area contributed by atoms with Crippen molar-refractivity contribution in [2.24, 2.45) is 5.92 Å². The van der Waals surface area contributed by atoms with Crippen molar-refractivity contribution in [3.05, 3.63) is 28.8 Å². The lowest BCUT2D eigenvalue weighted by molar-refractivity contribution is 0.0922. The van der Waals surface area contributed by atoms with Crippen LogP contribution in [0.15, 0.2) is 18.2 Å². The summed E-state index contributed by atoms with van der Waals surface area (Å²) in [7, 11) is 0. The number of benzene rings is 1. The van der Waals surface area contributed by atoms with Gasteiger partial charge in [-0.25, -0.2) is 0 Å². The average Bonchev–Trinajstić information content (AvgIpc) is 2.39. The van der Waals surface area contributed by atoms with Crippen molar-refractivity contribution in [2.75, 3.05) is 5.73 Å². The van der Waals surface area contributed by atoms with Gasteiger partial charge in [-0.1, -0.05) is 24.9 Å². The van der Waals surface area contributed by atoms with Gasteiger partial charge in [0.2, 0.25) is 0 Å².